The fourth-order valence-corrected chi connectivity index (χ4v) is 5.08. The summed E-state index contributed by atoms with van der Waals surface area (Å²) in [7, 11) is -0.554. The first-order valence-electron chi connectivity index (χ1n) is 10.2. The summed E-state index contributed by atoms with van der Waals surface area (Å²) >= 11 is 1.80. The Bertz CT molecular complexity index is 959. The fourth-order valence-electron chi connectivity index (χ4n) is 3.87. The van der Waals surface area contributed by atoms with Gasteiger partial charge in [0.2, 0.25) is 0 Å². The number of hydrogen-bond donors (Lipinski definition) is 0. The van der Waals surface area contributed by atoms with Crippen molar-refractivity contribution in [1.82, 2.24) is 0 Å². The number of thiophene rings is 1. The van der Waals surface area contributed by atoms with E-state index in [0.717, 1.165) is 10.9 Å². The maximum absolute atomic E-state index is 5.97. The van der Waals surface area contributed by atoms with Gasteiger partial charge >= 0.3 is 14.2 Å². The largest absolute Gasteiger partial charge is 0.493 e. The molecule has 3 heterocycles. The van der Waals surface area contributed by atoms with E-state index in [1.165, 1.54) is 20.2 Å². The molecule has 150 valence electrons. The SMILES string of the molecule is CC1(C)COB(c2ccc3c(c2)sc2cc(B4OCC(C)(C)CO4)ccc23)OC1. The number of fused-ring (bicyclic) bond motifs is 3. The van der Waals surface area contributed by atoms with Crippen LogP contribution in [0.5, 0.6) is 0 Å². The minimum atomic E-state index is -0.277. The lowest BCUT2D eigenvalue weighted by molar-refractivity contribution is 0.0342. The first-order valence-corrected chi connectivity index (χ1v) is 11.0. The molecule has 2 fully saturated rings. The Labute approximate surface area is 176 Å². The number of rotatable bonds is 2. The smallest absolute Gasteiger partial charge is 0.407 e. The van der Waals surface area contributed by atoms with Crippen LogP contribution in [-0.2, 0) is 18.6 Å². The van der Waals surface area contributed by atoms with E-state index in [1.807, 2.05) is 0 Å². The van der Waals surface area contributed by atoms with Crippen LogP contribution in [0, 0.1) is 10.8 Å². The van der Waals surface area contributed by atoms with Crippen LogP contribution in [-0.4, -0.2) is 40.7 Å². The predicted molar refractivity (Wildman–Crippen MR) is 121 cm³/mol. The van der Waals surface area contributed by atoms with Gasteiger partial charge in [-0.05, 0) is 23.1 Å². The van der Waals surface area contributed by atoms with Crippen LogP contribution < -0.4 is 10.9 Å². The van der Waals surface area contributed by atoms with Gasteiger partial charge in [0, 0.05) is 57.4 Å². The standard InChI is InChI=1S/C22H26B2O4S/c1-21(2)11-25-23(26-12-21)15-5-7-17-18-8-6-16(10-20(18)29-19(17)9-15)24-27-13-22(3,4)14-28-24/h5-10H,11-14H2,1-4H3. The summed E-state index contributed by atoms with van der Waals surface area (Å²) in [5.41, 5.74) is 2.32. The van der Waals surface area contributed by atoms with Crippen LogP contribution in [0.25, 0.3) is 20.2 Å². The summed E-state index contributed by atoms with van der Waals surface area (Å²) < 4.78 is 26.4. The van der Waals surface area contributed by atoms with Gasteiger partial charge in [-0.1, -0.05) is 52.0 Å². The van der Waals surface area contributed by atoms with E-state index in [1.54, 1.807) is 11.3 Å². The van der Waals surface area contributed by atoms with Gasteiger partial charge in [-0.15, -0.1) is 11.3 Å². The molecule has 5 rings (SSSR count). The van der Waals surface area contributed by atoms with Gasteiger partial charge in [0.1, 0.15) is 0 Å². The van der Waals surface area contributed by atoms with Crippen molar-refractivity contribution < 1.29 is 18.6 Å². The van der Waals surface area contributed by atoms with Crippen LogP contribution >= 0.6 is 11.3 Å². The van der Waals surface area contributed by atoms with Crippen molar-refractivity contribution >= 4 is 56.7 Å². The zero-order valence-electron chi connectivity index (χ0n) is 17.5. The predicted octanol–water partition coefficient (Wildman–Crippen LogP) is 3.59. The molecule has 7 heteroatoms. The summed E-state index contributed by atoms with van der Waals surface area (Å²) in [4.78, 5) is 0. The highest BCUT2D eigenvalue weighted by molar-refractivity contribution is 7.26. The van der Waals surface area contributed by atoms with Gasteiger partial charge in [-0.3, -0.25) is 0 Å². The third-order valence-corrected chi connectivity index (χ3v) is 6.68. The lowest BCUT2D eigenvalue weighted by Crippen LogP contribution is -2.47. The molecule has 3 aromatic rings. The molecule has 4 nitrogen and oxygen atoms in total. The molecule has 0 saturated carbocycles. The van der Waals surface area contributed by atoms with Crippen molar-refractivity contribution in [3.63, 3.8) is 0 Å². The Hall–Kier alpha value is -1.37. The molecule has 1 aromatic heterocycles. The highest BCUT2D eigenvalue weighted by atomic mass is 32.1. The average Bonchev–Trinajstić information content (AvgIpc) is 3.04. The van der Waals surface area contributed by atoms with E-state index < -0.39 is 0 Å². The summed E-state index contributed by atoms with van der Waals surface area (Å²) in [5, 5.41) is 2.53. The lowest BCUT2D eigenvalue weighted by Gasteiger charge is -2.33. The maximum atomic E-state index is 5.97. The molecule has 0 unspecified atom stereocenters. The van der Waals surface area contributed by atoms with Crippen LogP contribution in [0.3, 0.4) is 0 Å². The van der Waals surface area contributed by atoms with Gasteiger partial charge < -0.3 is 18.6 Å². The van der Waals surface area contributed by atoms with Crippen molar-refractivity contribution in [2.24, 2.45) is 10.8 Å². The molecule has 29 heavy (non-hydrogen) atoms. The number of hydrogen-bond acceptors (Lipinski definition) is 5. The van der Waals surface area contributed by atoms with Crippen molar-refractivity contribution in [2.75, 3.05) is 26.4 Å². The topological polar surface area (TPSA) is 36.9 Å². The molecule has 2 aromatic carbocycles. The van der Waals surface area contributed by atoms with Crippen LogP contribution in [0.4, 0.5) is 0 Å². The molecular formula is C22H26B2O4S. The molecule has 0 amide bonds. The van der Waals surface area contributed by atoms with Crippen molar-refractivity contribution in [3.8, 4) is 0 Å². The molecule has 0 aliphatic carbocycles. The quantitative estimate of drug-likeness (QED) is 0.608. The van der Waals surface area contributed by atoms with Gasteiger partial charge in [0.05, 0.1) is 0 Å². The third kappa shape index (κ3) is 3.87. The second kappa shape index (κ2) is 7.10. The first-order chi connectivity index (χ1) is 13.8. The summed E-state index contributed by atoms with van der Waals surface area (Å²) in [6, 6.07) is 13.0. The van der Waals surface area contributed by atoms with Crippen molar-refractivity contribution in [3.05, 3.63) is 36.4 Å². The monoisotopic (exact) mass is 408 g/mol. The summed E-state index contributed by atoms with van der Waals surface area (Å²) in [6.07, 6.45) is 0. The van der Waals surface area contributed by atoms with E-state index >= 15 is 0 Å². The molecule has 2 aliphatic rings. The maximum Gasteiger partial charge on any atom is 0.493 e. The Kier molecular flexibility index (Phi) is 4.80. The molecular weight excluding hydrogens is 382 g/mol. The lowest BCUT2D eigenvalue weighted by atomic mass is 9.75. The molecule has 2 aliphatic heterocycles. The molecule has 0 spiro atoms. The molecule has 2 saturated heterocycles. The highest BCUT2D eigenvalue weighted by Gasteiger charge is 2.35. The fraction of sp³-hybridized carbons (Fsp3) is 0.455. The van der Waals surface area contributed by atoms with Gasteiger partial charge in [0.15, 0.2) is 0 Å². The molecule has 0 bridgehead atoms. The Morgan fingerprint density at radius 1 is 0.655 bits per heavy atom. The van der Waals surface area contributed by atoms with Crippen molar-refractivity contribution in [2.45, 2.75) is 27.7 Å². The Balaban J connectivity index is 1.43. The summed E-state index contributed by atoms with van der Waals surface area (Å²) in [6.45, 7) is 11.5. The van der Waals surface area contributed by atoms with E-state index in [4.69, 9.17) is 18.6 Å². The average molecular weight is 408 g/mol. The van der Waals surface area contributed by atoms with E-state index in [9.17, 15) is 0 Å². The zero-order valence-corrected chi connectivity index (χ0v) is 18.3. The minimum Gasteiger partial charge on any atom is -0.407 e. The zero-order chi connectivity index (χ0) is 20.2. The second-order valence-electron chi connectivity index (χ2n) is 9.85. The van der Waals surface area contributed by atoms with Crippen LogP contribution in [0.2, 0.25) is 0 Å². The number of benzene rings is 2. The molecule has 0 N–H and O–H groups in total. The van der Waals surface area contributed by atoms with E-state index in [-0.39, 0.29) is 25.1 Å². The highest BCUT2D eigenvalue weighted by Crippen LogP contribution is 2.33. The van der Waals surface area contributed by atoms with E-state index in [2.05, 4.69) is 64.1 Å². The van der Waals surface area contributed by atoms with Crippen LogP contribution in [0.1, 0.15) is 27.7 Å². The normalized spacial score (nSPS) is 21.8. The third-order valence-electron chi connectivity index (χ3n) is 5.57. The second-order valence-corrected chi connectivity index (χ2v) is 10.9. The minimum absolute atomic E-state index is 0.0765. The molecule has 0 radical (unpaired) electrons. The first kappa shape index (κ1) is 19.6. The van der Waals surface area contributed by atoms with Gasteiger partial charge in [0.25, 0.3) is 0 Å². The van der Waals surface area contributed by atoms with Crippen molar-refractivity contribution in [1.29, 1.82) is 0 Å². The Morgan fingerprint density at radius 2 is 1.03 bits per heavy atom. The Morgan fingerprint density at radius 3 is 1.41 bits per heavy atom. The molecule has 0 atom stereocenters. The van der Waals surface area contributed by atoms with Crippen LogP contribution in [0.15, 0.2) is 36.4 Å². The van der Waals surface area contributed by atoms with Gasteiger partial charge in [-0.2, -0.15) is 0 Å². The summed E-state index contributed by atoms with van der Waals surface area (Å²) in [5.74, 6) is 0. The van der Waals surface area contributed by atoms with E-state index in [0.29, 0.717) is 26.4 Å². The van der Waals surface area contributed by atoms with Gasteiger partial charge in [-0.25, -0.2) is 0 Å².